The van der Waals surface area contributed by atoms with Gasteiger partial charge in [-0.15, -0.1) is 0 Å². The molecule has 4 N–H and O–H groups in total. The summed E-state index contributed by atoms with van der Waals surface area (Å²) >= 11 is 5.16. The fourth-order valence-corrected chi connectivity index (χ4v) is 2.96. The number of nitrogens with one attached hydrogen (secondary N) is 4. The van der Waals surface area contributed by atoms with Crippen LogP contribution in [-0.4, -0.2) is 51.3 Å². The van der Waals surface area contributed by atoms with Crippen LogP contribution in [0.1, 0.15) is 18.4 Å². The first-order valence-corrected chi connectivity index (χ1v) is 8.91. The Hall–Kier alpha value is -1.86. The van der Waals surface area contributed by atoms with E-state index in [1.807, 2.05) is 12.1 Å². The molecular weight excluding hydrogens is 322 g/mol. The van der Waals surface area contributed by atoms with Gasteiger partial charge in [0.15, 0.2) is 5.11 Å². The van der Waals surface area contributed by atoms with Crippen molar-refractivity contribution in [3.63, 3.8) is 0 Å². The number of hydrogen-bond donors (Lipinski definition) is 4. The molecule has 1 heterocycles. The second-order valence-electron chi connectivity index (χ2n) is 6.39. The number of quaternary nitrogens is 1. The lowest BCUT2D eigenvalue weighted by atomic mass is 10.0. The minimum atomic E-state index is -0.0893. The Labute approximate surface area is 149 Å². The van der Waals surface area contributed by atoms with Crippen molar-refractivity contribution < 1.29 is 9.69 Å². The third kappa shape index (κ3) is 5.98. The maximum Gasteiger partial charge on any atom is 0.257 e. The summed E-state index contributed by atoms with van der Waals surface area (Å²) in [6, 6.07) is 8.27. The van der Waals surface area contributed by atoms with Crippen molar-refractivity contribution in [1.82, 2.24) is 16.2 Å². The second-order valence-corrected chi connectivity index (χ2v) is 6.80. The molecule has 0 fully saturated rings. The molecule has 24 heavy (non-hydrogen) atoms. The van der Waals surface area contributed by atoms with Gasteiger partial charge in [0.2, 0.25) is 0 Å². The fraction of sp³-hybridized carbons (Fsp3) is 0.529. The molecule has 0 aromatic heterocycles. The van der Waals surface area contributed by atoms with Crippen molar-refractivity contribution in [1.29, 1.82) is 0 Å². The normalized spacial score (nSPS) is 13.4. The van der Waals surface area contributed by atoms with E-state index in [2.05, 4.69) is 47.3 Å². The Balaban J connectivity index is 1.69. The van der Waals surface area contributed by atoms with Gasteiger partial charge >= 0.3 is 0 Å². The number of hydrazine groups is 1. The van der Waals surface area contributed by atoms with Crippen molar-refractivity contribution in [2.75, 3.05) is 45.2 Å². The Bertz CT molecular complexity index is 564. The zero-order valence-electron chi connectivity index (χ0n) is 14.5. The summed E-state index contributed by atoms with van der Waals surface area (Å²) in [7, 11) is 4.24. The van der Waals surface area contributed by atoms with Gasteiger partial charge in [-0.3, -0.25) is 15.6 Å². The van der Waals surface area contributed by atoms with Gasteiger partial charge in [-0.05, 0) is 36.7 Å². The summed E-state index contributed by atoms with van der Waals surface area (Å²) in [5, 5.41) is 3.55. The van der Waals surface area contributed by atoms with Crippen molar-refractivity contribution in [2.45, 2.75) is 19.3 Å². The molecule has 0 saturated heterocycles. The lowest BCUT2D eigenvalue weighted by Crippen LogP contribution is -3.05. The topological polar surface area (TPSA) is 60.8 Å². The average molecular weight is 351 g/mol. The molecule has 0 radical (unpaired) electrons. The molecule has 0 atom stereocenters. The van der Waals surface area contributed by atoms with Crippen LogP contribution < -0.4 is 26.0 Å². The first-order valence-electron chi connectivity index (χ1n) is 8.51. The van der Waals surface area contributed by atoms with Gasteiger partial charge in [0.05, 0.1) is 27.2 Å². The molecule has 132 valence electrons. The number of thiocarbonyl (C=S) groups is 1. The van der Waals surface area contributed by atoms with Crippen LogP contribution in [0.4, 0.5) is 5.69 Å². The van der Waals surface area contributed by atoms with E-state index >= 15 is 0 Å². The van der Waals surface area contributed by atoms with Crippen LogP contribution in [-0.2, 0) is 11.2 Å². The highest BCUT2D eigenvalue weighted by Gasteiger charge is 2.18. The van der Waals surface area contributed by atoms with Gasteiger partial charge in [0.25, 0.3) is 5.91 Å². The Morgan fingerprint density at radius 3 is 2.88 bits per heavy atom. The first kappa shape index (κ1) is 18.5. The summed E-state index contributed by atoms with van der Waals surface area (Å²) < 4.78 is 0. The number of benzene rings is 1. The Morgan fingerprint density at radius 2 is 2.08 bits per heavy atom. The summed E-state index contributed by atoms with van der Waals surface area (Å²) in [5.74, 6) is -0.0893. The number of rotatable bonds is 6. The molecule has 0 unspecified atom stereocenters. The molecule has 2 rings (SSSR count). The third-order valence-corrected chi connectivity index (χ3v) is 4.24. The zero-order valence-corrected chi connectivity index (χ0v) is 15.3. The molecule has 1 aromatic carbocycles. The largest absolute Gasteiger partial charge is 0.362 e. The minimum absolute atomic E-state index is 0.0893. The highest BCUT2D eigenvalue weighted by atomic mass is 32.1. The molecule has 1 amide bonds. The summed E-state index contributed by atoms with van der Waals surface area (Å²) in [5.41, 5.74) is 7.91. The number of hydrogen-bond acceptors (Lipinski definition) is 3. The van der Waals surface area contributed by atoms with E-state index in [1.54, 1.807) is 0 Å². The van der Waals surface area contributed by atoms with Crippen LogP contribution in [0, 0.1) is 0 Å². The van der Waals surface area contributed by atoms with E-state index in [0.717, 1.165) is 44.6 Å². The van der Waals surface area contributed by atoms with E-state index in [9.17, 15) is 4.79 Å². The number of fused-ring (bicyclic) bond motifs is 1. The number of carbonyl (C=O) groups excluding carboxylic acids is 1. The average Bonchev–Trinajstić information content (AvgIpc) is 2.57. The molecule has 0 aliphatic carbocycles. The molecule has 6 nitrogen and oxygen atoms in total. The number of aryl methyl sites for hydroxylation is 1. The molecule has 0 saturated carbocycles. The molecule has 1 aliphatic heterocycles. The molecule has 1 aliphatic rings. The standard InChI is InChI=1S/C17H27N5OS/c1-21(2)11-6-10-18-17(24)20-19-16(23)13-22-12-5-8-14-7-3-4-9-15(14)22/h3-4,7,9H,5-6,8,10-13H2,1-2H3,(H,19,23)(H2,18,20,24)/p+1. The van der Waals surface area contributed by atoms with Crippen LogP contribution in [0.3, 0.4) is 0 Å². The molecule has 1 aromatic rings. The second kappa shape index (κ2) is 9.44. The van der Waals surface area contributed by atoms with E-state index in [1.165, 1.54) is 10.5 Å². The zero-order chi connectivity index (χ0) is 17.4. The number of anilines is 1. The van der Waals surface area contributed by atoms with Crippen molar-refractivity contribution in [3.05, 3.63) is 29.8 Å². The predicted molar refractivity (Wildman–Crippen MR) is 101 cm³/mol. The molecule has 0 bridgehead atoms. The quantitative estimate of drug-likeness (QED) is 0.316. The number of amides is 1. The van der Waals surface area contributed by atoms with Gasteiger partial charge in [0, 0.05) is 25.2 Å². The number of carbonyl (C=O) groups is 1. The van der Waals surface area contributed by atoms with Crippen molar-refractivity contribution >= 4 is 28.9 Å². The highest BCUT2D eigenvalue weighted by Crippen LogP contribution is 2.25. The van der Waals surface area contributed by atoms with Crippen LogP contribution in [0.5, 0.6) is 0 Å². The van der Waals surface area contributed by atoms with Gasteiger partial charge in [-0.2, -0.15) is 0 Å². The van der Waals surface area contributed by atoms with E-state index < -0.39 is 0 Å². The third-order valence-electron chi connectivity index (χ3n) is 4.00. The maximum absolute atomic E-state index is 12.1. The van der Waals surface area contributed by atoms with Gasteiger partial charge < -0.3 is 15.1 Å². The molecular formula is C17H28N5OS+. The minimum Gasteiger partial charge on any atom is -0.362 e. The molecule has 7 heteroatoms. The predicted octanol–water partition coefficient (Wildman–Crippen LogP) is -0.531. The van der Waals surface area contributed by atoms with E-state index in [0.29, 0.717) is 11.7 Å². The summed E-state index contributed by atoms with van der Waals surface area (Å²) in [6.07, 6.45) is 3.18. The highest BCUT2D eigenvalue weighted by molar-refractivity contribution is 7.80. The lowest BCUT2D eigenvalue weighted by molar-refractivity contribution is -0.858. The van der Waals surface area contributed by atoms with Crippen LogP contribution >= 0.6 is 12.2 Å². The SMILES string of the molecule is C[NH+](C)CCCNC(=S)NNC(=O)CN1CCCc2ccccc21. The van der Waals surface area contributed by atoms with Crippen LogP contribution in [0.2, 0.25) is 0 Å². The summed E-state index contributed by atoms with van der Waals surface area (Å²) in [6.45, 7) is 3.11. The smallest absolute Gasteiger partial charge is 0.257 e. The molecule has 0 spiro atoms. The number of nitrogens with zero attached hydrogens (tertiary/aromatic N) is 1. The van der Waals surface area contributed by atoms with Gasteiger partial charge in [-0.1, -0.05) is 18.2 Å². The Morgan fingerprint density at radius 1 is 1.29 bits per heavy atom. The van der Waals surface area contributed by atoms with Crippen LogP contribution in [0.15, 0.2) is 24.3 Å². The lowest BCUT2D eigenvalue weighted by Gasteiger charge is -2.30. The number of para-hydroxylation sites is 1. The van der Waals surface area contributed by atoms with Crippen molar-refractivity contribution in [2.24, 2.45) is 0 Å². The van der Waals surface area contributed by atoms with Gasteiger partial charge in [0.1, 0.15) is 0 Å². The van der Waals surface area contributed by atoms with E-state index in [4.69, 9.17) is 12.2 Å². The fourth-order valence-electron chi connectivity index (χ4n) is 2.80. The van der Waals surface area contributed by atoms with Gasteiger partial charge in [-0.25, -0.2) is 0 Å². The monoisotopic (exact) mass is 350 g/mol. The Kier molecular flexibility index (Phi) is 7.27. The van der Waals surface area contributed by atoms with Crippen LogP contribution in [0.25, 0.3) is 0 Å². The van der Waals surface area contributed by atoms with E-state index in [-0.39, 0.29) is 5.91 Å². The first-order chi connectivity index (χ1) is 11.6. The summed E-state index contributed by atoms with van der Waals surface area (Å²) in [4.78, 5) is 15.7. The maximum atomic E-state index is 12.1. The van der Waals surface area contributed by atoms with Crippen molar-refractivity contribution in [3.8, 4) is 0 Å².